The van der Waals surface area contributed by atoms with Crippen LogP contribution in [0.1, 0.15) is 25.3 Å². The zero-order valence-corrected chi connectivity index (χ0v) is 11.3. The number of nitrogens with zero attached hydrogens (tertiary/aromatic N) is 1. The largest absolute Gasteiger partial charge is 0.466 e. The van der Waals surface area contributed by atoms with Crippen molar-refractivity contribution in [3.8, 4) is 0 Å². The number of esters is 1. The average molecular weight is 265 g/mol. The number of benzene rings is 1. The smallest absolute Gasteiger partial charge is 0.310 e. The van der Waals surface area contributed by atoms with E-state index in [1.807, 2.05) is 6.92 Å². The first-order valence-corrected chi connectivity index (χ1v) is 6.82. The molecule has 0 saturated carbocycles. The van der Waals surface area contributed by atoms with Crippen LogP contribution < -0.4 is 0 Å². The van der Waals surface area contributed by atoms with Crippen LogP contribution in [0.2, 0.25) is 0 Å². The van der Waals surface area contributed by atoms with Crippen molar-refractivity contribution in [2.45, 2.75) is 26.3 Å². The van der Waals surface area contributed by atoms with Gasteiger partial charge in [0.15, 0.2) is 0 Å². The first-order valence-electron chi connectivity index (χ1n) is 6.82. The minimum atomic E-state index is -0.216. The van der Waals surface area contributed by atoms with Gasteiger partial charge < -0.3 is 4.74 Å². The summed E-state index contributed by atoms with van der Waals surface area (Å²) in [4.78, 5) is 14.0. The molecule has 1 saturated heterocycles. The molecule has 0 N–H and O–H groups in total. The highest BCUT2D eigenvalue weighted by atomic mass is 19.1. The third kappa shape index (κ3) is 4.03. The van der Waals surface area contributed by atoms with Crippen molar-refractivity contribution in [1.29, 1.82) is 0 Å². The molecule has 1 aliphatic rings. The molecule has 1 aliphatic heterocycles. The molecule has 104 valence electrons. The number of carbonyl (C=O) groups is 1. The minimum Gasteiger partial charge on any atom is -0.466 e. The Bertz CT molecular complexity index is 419. The van der Waals surface area contributed by atoms with Gasteiger partial charge in [-0.1, -0.05) is 12.1 Å². The SMILES string of the molecule is CCOC(=O)C1CCCN(Cc2ccc(F)cc2)C1. The summed E-state index contributed by atoms with van der Waals surface area (Å²) in [7, 11) is 0. The van der Waals surface area contributed by atoms with Crippen molar-refractivity contribution in [2.75, 3.05) is 19.7 Å². The molecule has 0 aromatic heterocycles. The maximum atomic E-state index is 12.8. The summed E-state index contributed by atoms with van der Waals surface area (Å²) in [5.41, 5.74) is 1.07. The Hall–Kier alpha value is -1.42. The zero-order chi connectivity index (χ0) is 13.7. The van der Waals surface area contributed by atoms with E-state index in [0.29, 0.717) is 6.61 Å². The average Bonchev–Trinajstić information content (AvgIpc) is 2.42. The van der Waals surface area contributed by atoms with Gasteiger partial charge in [-0.2, -0.15) is 0 Å². The molecule has 19 heavy (non-hydrogen) atoms. The molecule has 1 heterocycles. The molecule has 0 aliphatic carbocycles. The third-order valence-electron chi connectivity index (χ3n) is 3.44. The Kier molecular flexibility index (Phi) is 4.91. The Morgan fingerprint density at radius 2 is 2.16 bits per heavy atom. The Labute approximate surface area is 113 Å². The molecule has 0 spiro atoms. The highest BCUT2D eigenvalue weighted by Gasteiger charge is 2.26. The van der Waals surface area contributed by atoms with Crippen LogP contribution in [-0.2, 0) is 16.1 Å². The molecule has 0 radical (unpaired) electrons. The van der Waals surface area contributed by atoms with Gasteiger partial charge in [0, 0.05) is 13.1 Å². The second kappa shape index (κ2) is 6.66. The van der Waals surface area contributed by atoms with E-state index in [1.165, 1.54) is 12.1 Å². The highest BCUT2D eigenvalue weighted by Crippen LogP contribution is 2.20. The summed E-state index contributed by atoms with van der Waals surface area (Å²) in [6, 6.07) is 6.54. The fourth-order valence-electron chi connectivity index (χ4n) is 2.50. The zero-order valence-electron chi connectivity index (χ0n) is 11.3. The predicted octanol–water partition coefficient (Wildman–Crippen LogP) is 2.60. The molecule has 0 bridgehead atoms. The molecule has 0 amide bonds. The van der Waals surface area contributed by atoms with Gasteiger partial charge in [-0.3, -0.25) is 9.69 Å². The summed E-state index contributed by atoms with van der Waals surface area (Å²) in [6.07, 6.45) is 1.91. The Morgan fingerprint density at radius 1 is 1.42 bits per heavy atom. The lowest BCUT2D eigenvalue weighted by atomic mass is 9.98. The van der Waals surface area contributed by atoms with Crippen LogP contribution in [0.3, 0.4) is 0 Å². The first-order chi connectivity index (χ1) is 9.19. The molecule has 1 aromatic rings. The summed E-state index contributed by atoms with van der Waals surface area (Å²) >= 11 is 0. The number of piperidine rings is 1. The lowest BCUT2D eigenvalue weighted by Crippen LogP contribution is -2.38. The van der Waals surface area contributed by atoms with E-state index >= 15 is 0 Å². The second-order valence-electron chi connectivity index (χ2n) is 4.95. The normalized spacial score (nSPS) is 20.2. The van der Waals surface area contributed by atoms with Gasteiger partial charge in [-0.15, -0.1) is 0 Å². The number of ether oxygens (including phenoxy) is 1. The van der Waals surface area contributed by atoms with Crippen LogP contribution >= 0.6 is 0 Å². The number of halogens is 1. The van der Waals surface area contributed by atoms with Crippen molar-refractivity contribution >= 4 is 5.97 Å². The standard InChI is InChI=1S/C15H20FNO2/c1-2-19-15(18)13-4-3-9-17(11-13)10-12-5-7-14(16)8-6-12/h5-8,13H,2-4,9-11H2,1H3. The summed E-state index contributed by atoms with van der Waals surface area (Å²) in [5, 5.41) is 0. The van der Waals surface area contributed by atoms with Crippen molar-refractivity contribution in [3.05, 3.63) is 35.6 Å². The summed E-state index contributed by atoms with van der Waals surface area (Å²) in [5.74, 6) is -0.327. The molecule has 4 heteroatoms. The van der Waals surface area contributed by atoms with E-state index in [9.17, 15) is 9.18 Å². The molecular formula is C15H20FNO2. The number of likely N-dealkylation sites (tertiary alicyclic amines) is 1. The van der Waals surface area contributed by atoms with Gasteiger partial charge >= 0.3 is 5.97 Å². The lowest BCUT2D eigenvalue weighted by Gasteiger charge is -2.31. The van der Waals surface area contributed by atoms with Crippen molar-refractivity contribution in [3.63, 3.8) is 0 Å². The van der Waals surface area contributed by atoms with Gasteiger partial charge in [0.2, 0.25) is 0 Å². The maximum absolute atomic E-state index is 12.8. The van der Waals surface area contributed by atoms with Gasteiger partial charge in [-0.25, -0.2) is 4.39 Å². The van der Waals surface area contributed by atoms with Gasteiger partial charge in [0.05, 0.1) is 12.5 Å². The van der Waals surface area contributed by atoms with E-state index < -0.39 is 0 Å². The van der Waals surface area contributed by atoms with E-state index in [2.05, 4.69) is 4.90 Å². The van der Waals surface area contributed by atoms with Crippen LogP contribution in [0.4, 0.5) is 4.39 Å². The summed E-state index contributed by atoms with van der Waals surface area (Å²) in [6.45, 7) is 4.74. The molecule has 1 fully saturated rings. The van der Waals surface area contributed by atoms with Crippen LogP contribution in [-0.4, -0.2) is 30.6 Å². The summed E-state index contributed by atoms with van der Waals surface area (Å²) < 4.78 is 17.9. The van der Waals surface area contributed by atoms with E-state index in [4.69, 9.17) is 4.74 Å². The van der Waals surface area contributed by atoms with Gasteiger partial charge in [-0.05, 0) is 44.0 Å². The number of rotatable bonds is 4. The number of carbonyl (C=O) groups excluding carboxylic acids is 1. The topological polar surface area (TPSA) is 29.5 Å². The van der Waals surface area contributed by atoms with Gasteiger partial charge in [0.1, 0.15) is 5.82 Å². The fraction of sp³-hybridized carbons (Fsp3) is 0.533. The van der Waals surface area contributed by atoms with Crippen molar-refractivity contribution in [2.24, 2.45) is 5.92 Å². The minimum absolute atomic E-state index is 0.0193. The van der Waals surface area contributed by atoms with Crippen LogP contribution in [0.15, 0.2) is 24.3 Å². The van der Waals surface area contributed by atoms with E-state index in [1.54, 1.807) is 12.1 Å². The monoisotopic (exact) mass is 265 g/mol. The van der Waals surface area contributed by atoms with Crippen molar-refractivity contribution in [1.82, 2.24) is 4.90 Å². The van der Waals surface area contributed by atoms with E-state index in [-0.39, 0.29) is 17.7 Å². The van der Waals surface area contributed by atoms with Crippen molar-refractivity contribution < 1.29 is 13.9 Å². The molecule has 3 nitrogen and oxygen atoms in total. The second-order valence-corrected chi connectivity index (χ2v) is 4.95. The molecule has 1 atom stereocenters. The molecule has 1 aromatic carbocycles. The molecular weight excluding hydrogens is 245 g/mol. The number of hydrogen-bond acceptors (Lipinski definition) is 3. The lowest BCUT2D eigenvalue weighted by molar-refractivity contribution is -0.150. The van der Waals surface area contributed by atoms with Crippen LogP contribution in [0.5, 0.6) is 0 Å². The molecule has 1 unspecified atom stereocenters. The Morgan fingerprint density at radius 3 is 2.84 bits per heavy atom. The quantitative estimate of drug-likeness (QED) is 0.784. The van der Waals surface area contributed by atoms with Crippen LogP contribution in [0.25, 0.3) is 0 Å². The van der Waals surface area contributed by atoms with Crippen LogP contribution in [0, 0.1) is 11.7 Å². The third-order valence-corrected chi connectivity index (χ3v) is 3.44. The fourth-order valence-corrected chi connectivity index (χ4v) is 2.50. The van der Waals surface area contributed by atoms with E-state index in [0.717, 1.165) is 38.0 Å². The maximum Gasteiger partial charge on any atom is 0.310 e. The Balaban J connectivity index is 1.90. The molecule has 2 rings (SSSR count). The number of hydrogen-bond donors (Lipinski definition) is 0. The highest BCUT2D eigenvalue weighted by molar-refractivity contribution is 5.72. The van der Waals surface area contributed by atoms with Gasteiger partial charge in [0.25, 0.3) is 0 Å². The predicted molar refractivity (Wildman–Crippen MR) is 71.0 cm³/mol. The first kappa shape index (κ1) is 14.0.